The predicted molar refractivity (Wildman–Crippen MR) is 58.7 cm³/mol. The fraction of sp³-hybridized carbons (Fsp3) is 0.417. The van der Waals surface area contributed by atoms with Crippen molar-refractivity contribution in [3.05, 3.63) is 23.8 Å². The lowest BCUT2D eigenvalue weighted by Crippen LogP contribution is -2.32. The molecular weight excluding hydrogens is 206 g/mol. The Kier molecular flexibility index (Phi) is 1.87. The van der Waals surface area contributed by atoms with Crippen LogP contribution in [-0.2, 0) is 11.2 Å². The normalized spacial score (nSPS) is 26.6. The van der Waals surface area contributed by atoms with Crippen molar-refractivity contribution in [2.24, 2.45) is 5.92 Å². The largest absolute Gasteiger partial charge is 0.508 e. The highest BCUT2D eigenvalue weighted by Crippen LogP contribution is 2.43. The minimum Gasteiger partial charge on any atom is -0.508 e. The maximum absolute atomic E-state index is 11.1. The first kappa shape index (κ1) is 9.51. The van der Waals surface area contributed by atoms with Gasteiger partial charge in [-0.15, -0.1) is 0 Å². The van der Waals surface area contributed by atoms with Gasteiger partial charge in [0.1, 0.15) is 5.75 Å². The van der Waals surface area contributed by atoms with Crippen LogP contribution in [0.2, 0.25) is 0 Å². The molecule has 1 aromatic rings. The third-order valence-electron chi connectivity index (χ3n) is 3.71. The minimum atomic E-state index is -0.722. The van der Waals surface area contributed by atoms with Crippen LogP contribution in [0.25, 0.3) is 0 Å². The van der Waals surface area contributed by atoms with Crippen molar-refractivity contribution in [1.82, 2.24) is 0 Å². The molecule has 2 aliphatic rings. The Morgan fingerprint density at radius 2 is 2.25 bits per heavy atom. The van der Waals surface area contributed by atoms with Gasteiger partial charge in [-0.1, -0.05) is 6.07 Å². The number of hydrogen-bond donors (Lipinski definition) is 2. The molecule has 2 N–H and O–H groups in total. The number of aromatic hydroxyl groups is 1. The van der Waals surface area contributed by atoms with Crippen molar-refractivity contribution in [1.29, 1.82) is 0 Å². The maximum atomic E-state index is 11.1. The molecule has 16 heavy (non-hydrogen) atoms. The first-order chi connectivity index (χ1) is 7.68. The number of carboxylic acids is 1. The molecule has 1 saturated heterocycles. The highest BCUT2D eigenvalue weighted by molar-refractivity contribution is 5.76. The fourth-order valence-electron chi connectivity index (χ4n) is 2.94. The molecule has 1 fully saturated rings. The fourth-order valence-corrected chi connectivity index (χ4v) is 2.94. The number of fused-ring (bicyclic) bond motifs is 3. The second-order valence-corrected chi connectivity index (χ2v) is 4.47. The molecule has 2 heterocycles. The van der Waals surface area contributed by atoms with Gasteiger partial charge in [0, 0.05) is 23.8 Å². The third kappa shape index (κ3) is 1.13. The van der Waals surface area contributed by atoms with E-state index in [0.29, 0.717) is 12.8 Å². The van der Waals surface area contributed by atoms with Crippen LogP contribution in [0.3, 0.4) is 0 Å². The van der Waals surface area contributed by atoms with Gasteiger partial charge in [0.15, 0.2) is 0 Å². The van der Waals surface area contributed by atoms with E-state index in [0.717, 1.165) is 17.8 Å². The molecule has 0 aliphatic carbocycles. The van der Waals surface area contributed by atoms with Gasteiger partial charge in [-0.25, -0.2) is 0 Å². The summed E-state index contributed by atoms with van der Waals surface area (Å²) in [6.45, 7) is 0.776. The van der Waals surface area contributed by atoms with Gasteiger partial charge in [0.2, 0.25) is 0 Å². The average Bonchev–Trinajstić information content (AvgIpc) is 2.76. The number of nitrogens with zero attached hydrogens (tertiary/aromatic N) is 1. The summed E-state index contributed by atoms with van der Waals surface area (Å²) >= 11 is 0. The number of carboxylic acid groups (broad SMARTS) is 1. The standard InChI is InChI=1S/C12H13NO3/c14-11-3-1-2-9-8(11)6-10-7(12(15)16)4-5-13(9)10/h1-3,7,10,14H,4-6H2,(H,15,16). The van der Waals surface area contributed by atoms with Crippen LogP contribution >= 0.6 is 0 Å². The molecule has 4 heteroatoms. The molecule has 0 saturated carbocycles. The number of anilines is 1. The molecule has 0 radical (unpaired) electrons. The van der Waals surface area contributed by atoms with E-state index in [4.69, 9.17) is 5.11 Å². The Hall–Kier alpha value is -1.71. The molecule has 2 unspecified atom stereocenters. The molecule has 0 bridgehead atoms. The number of rotatable bonds is 1. The topological polar surface area (TPSA) is 60.8 Å². The monoisotopic (exact) mass is 219 g/mol. The zero-order valence-corrected chi connectivity index (χ0v) is 8.76. The number of phenols is 1. The summed E-state index contributed by atoms with van der Waals surface area (Å²) in [7, 11) is 0. The number of benzene rings is 1. The third-order valence-corrected chi connectivity index (χ3v) is 3.71. The van der Waals surface area contributed by atoms with E-state index in [9.17, 15) is 9.90 Å². The van der Waals surface area contributed by atoms with E-state index < -0.39 is 5.97 Å². The van der Waals surface area contributed by atoms with E-state index >= 15 is 0 Å². The van der Waals surface area contributed by atoms with Crippen molar-refractivity contribution in [3.63, 3.8) is 0 Å². The lowest BCUT2D eigenvalue weighted by molar-refractivity contribution is -0.141. The minimum absolute atomic E-state index is 0.0285. The molecule has 4 nitrogen and oxygen atoms in total. The van der Waals surface area contributed by atoms with Crippen LogP contribution in [0.1, 0.15) is 12.0 Å². The van der Waals surface area contributed by atoms with Crippen molar-refractivity contribution < 1.29 is 15.0 Å². The predicted octanol–water partition coefficient (Wildman–Crippen LogP) is 1.23. The van der Waals surface area contributed by atoms with Crippen molar-refractivity contribution >= 4 is 11.7 Å². The van der Waals surface area contributed by atoms with E-state index in [-0.39, 0.29) is 17.7 Å². The van der Waals surface area contributed by atoms with Crippen molar-refractivity contribution in [2.45, 2.75) is 18.9 Å². The summed E-state index contributed by atoms with van der Waals surface area (Å²) in [6.07, 6.45) is 1.36. The zero-order valence-electron chi connectivity index (χ0n) is 8.76. The lowest BCUT2D eigenvalue weighted by atomic mass is 9.96. The summed E-state index contributed by atoms with van der Waals surface area (Å²) in [5.74, 6) is -0.734. The van der Waals surface area contributed by atoms with Gasteiger partial charge >= 0.3 is 5.97 Å². The smallest absolute Gasteiger partial charge is 0.308 e. The molecular formula is C12H13NO3. The first-order valence-corrected chi connectivity index (χ1v) is 5.49. The van der Waals surface area contributed by atoms with Gasteiger partial charge in [0.25, 0.3) is 0 Å². The summed E-state index contributed by atoms with van der Waals surface area (Å²) in [4.78, 5) is 13.2. The SMILES string of the molecule is O=C(O)C1CCN2c3cccc(O)c3CC12. The maximum Gasteiger partial charge on any atom is 0.308 e. The van der Waals surface area contributed by atoms with Crippen LogP contribution in [0.15, 0.2) is 18.2 Å². The number of carbonyl (C=O) groups is 1. The van der Waals surface area contributed by atoms with Crippen LogP contribution < -0.4 is 4.90 Å². The van der Waals surface area contributed by atoms with E-state index in [1.54, 1.807) is 6.07 Å². The quantitative estimate of drug-likeness (QED) is 0.745. The molecule has 3 rings (SSSR count). The van der Waals surface area contributed by atoms with Gasteiger partial charge in [-0.3, -0.25) is 4.79 Å². The molecule has 84 valence electrons. The highest BCUT2D eigenvalue weighted by atomic mass is 16.4. The van der Waals surface area contributed by atoms with Crippen LogP contribution in [0.5, 0.6) is 5.75 Å². The molecule has 0 aromatic heterocycles. The Morgan fingerprint density at radius 1 is 1.44 bits per heavy atom. The summed E-state index contributed by atoms with van der Waals surface area (Å²) < 4.78 is 0. The highest BCUT2D eigenvalue weighted by Gasteiger charge is 2.44. The Bertz CT molecular complexity index is 458. The molecule has 1 aromatic carbocycles. The van der Waals surface area contributed by atoms with Gasteiger partial charge in [-0.05, 0) is 25.0 Å². The second-order valence-electron chi connectivity index (χ2n) is 4.47. The zero-order chi connectivity index (χ0) is 11.3. The molecule has 2 atom stereocenters. The van der Waals surface area contributed by atoms with Crippen LogP contribution in [0.4, 0.5) is 5.69 Å². The van der Waals surface area contributed by atoms with E-state index in [2.05, 4.69) is 4.90 Å². The average molecular weight is 219 g/mol. The van der Waals surface area contributed by atoms with Gasteiger partial charge in [0.05, 0.1) is 5.92 Å². The lowest BCUT2D eigenvalue weighted by Gasteiger charge is -2.20. The summed E-state index contributed by atoms with van der Waals surface area (Å²) in [5, 5.41) is 18.9. The Morgan fingerprint density at radius 3 is 3.00 bits per heavy atom. The van der Waals surface area contributed by atoms with Crippen LogP contribution in [-0.4, -0.2) is 28.8 Å². The Labute approximate surface area is 93.1 Å². The summed E-state index contributed by atoms with van der Waals surface area (Å²) in [5.41, 5.74) is 1.91. The van der Waals surface area contributed by atoms with E-state index in [1.807, 2.05) is 12.1 Å². The summed E-state index contributed by atoms with van der Waals surface area (Å²) in [6, 6.07) is 5.46. The molecule has 2 aliphatic heterocycles. The number of aliphatic carboxylic acids is 1. The molecule has 0 spiro atoms. The van der Waals surface area contributed by atoms with Crippen LogP contribution in [0, 0.1) is 5.92 Å². The molecule has 0 amide bonds. The van der Waals surface area contributed by atoms with Crippen molar-refractivity contribution in [2.75, 3.05) is 11.4 Å². The van der Waals surface area contributed by atoms with Gasteiger partial charge < -0.3 is 15.1 Å². The van der Waals surface area contributed by atoms with Gasteiger partial charge in [-0.2, -0.15) is 0 Å². The number of hydrogen-bond acceptors (Lipinski definition) is 3. The van der Waals surface area contributed by atoms with Crippen molar-refractivity contribution in [3.8, 4) is 5.75 Å². The Balaban J connectivity index is 2.00. The first-order valence-electron chi connectivity index (χ1n) is 5.49. The van der Waals surface area contributed by atoms with E-state index in [1.165, 1.54) is 0 Å². The number of phenolic OH excluding ortho intramolecular Hbond substituents is 1. The second kappa shape index (κ2) is 3.14.